The monoisotopic (exact) mass is 210 g/mol. The molecule has 1 aromatic rings. The molecule has 1 aromatic carbocycles. The fourth-order valence-corrected chi connectivity index (χ4v) is 1.13. The van der Waals surface area contributed by atoms with Crippen molar-refractivity contribution in [3.8, 4) is 0 Å². The van der Waals surface area contributed by atoms with Crippen molar-refractivity contribution >= 4 is 17.3 Å². The number of nitro benzene ring substituents is 1. The molecule has 0 fully saturated rings. The summed E-state index contributed by atoms with van der Waals surface area (Å²) in [5.74, 6) is -1.82. The van der Waals surface area contributed by atoms with Gasteiger partial charge in [0.1, 0.15) is 5.69 Å². The predicted molar refractivity (Wildman–Crippen MR) is 53.6 cm³/mol. The minimum atomic E-state index is -1.03. The third-order valence-electron chi connectivity index (χ3n) is 2.12. The largest absolute Gasteiger partial charge is 0.481 e. The zero-order valence-corrected chi connectivity index (χ0v) is 8.01. The summed E-state index contributed by atoms with van der Waals surface area (Å²) in [5, 5.41) is 19.3. The second-order valence-electron chi connectivity index (χ2n) is 3.14. The van der Waals surface area contributed by atoms with Gasteiger partial charge >= 0.3 is 5.97 Å². The number of hydrogen-bond acceptors (Lipinski definition) is 4. The number of rotatable bonds is 3. The molecule has 3 N–H and O–H groups in total. The van der Waals surface area contributed by atoms with E-state index in [2.05, 4.69) is 0 Å². The summed E-state index contributed by atoms with van der Waals surface area (Å²) in [4.78, 5) is 20.6. The Morgan fingerprint density at radius 1 is 1.60 bits per heavy atom. The molecule has 1 rings (SSSR count). The van der Waals surface area contributed by atoms with Crippen LogP contribution in [-0.4, -0.2) is 16.0 Å². The van der Waals surface area contributed by atoms with Crippen molar-refractivity contribution < 1.29 is 14.8 Å². The molecular weight excluding hydrogens is 200 g/mol. The smallest absolute Gasteiger partial charge is 0.310 e. The van der Waals surface area contributed by atoms with Crippen LogP contribution < -0.4 is 5.73 Å². The van der Waals surface area contributed by atoms with Gasteiger partial charge < -0.3 is 10.8 Å². The van der Waals surface area contributed by atoms with Crippen molar-refractivity contribution in [3.05, 3.63) is 33.9 Å². The maximum absolute atomic E-state index is 10.7. The highest BCUT2D eigenvalue weighted by Crippen LogP contribution is 2.26. The molecule has 0 aliphatic heterocycles. The van der Waals surface area contributed by atoms with Crippen molar-refractivity contribution in [2.75, 3.05) is 5.73 Å². The molecule has 1 unspecified atom stereocenters. The van der Waals surface area contributed by atoms with E-state index in [0.29, 0.717) is 5.56 Å². The molecule has 0 heterocycles. The molecule has 0 amide bonds. The van der Waals surface area contributed by atoms with E-state index in [1.54, 1.807) is 0 Å². The number of carboxylic acid groups (broad SMARTS) is 1. The lowest BCUT2D eigenvalue weighted by Gasteiger charge is -2.06. The van der Waals surface area contributed by atoms with Crippen molar-refractivity contribution in [2.24, 2.45) is 0 Å². The normalized spacial score (nSPS) is 12.1. The molecule has 0 bridgehead atoms. The van der Waals surface area contributed by atoms with Crippen molar-refractivity contribution in [1.82, 2.24) is 0 Å². The van der Waals surface area contributed by atoms with Gasteiger partial charge in [-0.05, 0) is 18.6 Å². The standard InChI is InChI=1S/C9H10N2O4/c1-5(9(12)13)6-2-3-7(10)8(4-6)11(14)15/h2-5H,10H2,1H3,(H,12,13). The first-order valence-electron chi connectivity index (χ1n) is 4.20. The number of hydrogen-bond donors (Lipinski definition) is 2. The molecule has 0 radical (unpaired) electrons. The van der Waals surface area contributed by atoms with Crippen LogP contribution >= 0.6 is 0 Å². The van der Waals surface area contributed by atoms with Gasteiger partial charge in [0.15, 0.2) is 0 Å². The van der Waals surface area contributed by atoms with Gasteiger partial charge in [-0.25, -0.2) is 0 Å². The summed E-state index contributed by atoms with van der Waals surface area (Å²) in [7, 11) is 0. The zero-order valence-electron chi connectivity index (χ0n) is 8.01. The van der Waals surface area contributed by atoms with Crippen LogP contribution in [0.25, 0.3) is 0 Å². The van der Waals surface area contributed by atoms with Crippen LogP contribution in [-0.2, 0) is 4.79 Å². The van der Waals surface area contributed by atoms with Crippen molar-refractivity contribution in [3.63, 3.8) is 0 Å². The number of nitrogens with zero attached hydrogens (tertiary/aromatic N) is 1. The van der Waals surface area contributed by atoms with Gasteiger partial charge in [-0.1, -0.05) is 6.07 Å². The van der Waals surface area contributed by atoms with Crippen LogP contribution in [0.4, 0.5) is 11.4 Å². The lowest BCUT2D eigenvalue weighted by Crippen LogP contribution is -2.08. The van der Waals surface area contributed by atoms with Crippen LogP contribution in [0.3, 0.4) is 0 Å². The van der Waals surface area contributed by atoms with E-state index in [9.17, 15) is 14.9 Å². The molecule has 0 aromatic heterocycles. The number of benzene rings is 1. The highest BCUT2D eigenvalue weighted by molar-refractivity contribution is 5.76. The average molecular weight is 210 g/mol. The number of nitrogens with two attached hydrogens (primary N) is 1. The molecule has 0 saturated carbocycles. The number of aliphatic carboxylic acids is 1. The van der Waals surface area contributed by atoms with Gasteiger partial charge in [-0.3, -0.25) is 14.9 Å². The first-order chi connectivity index (χ1) is 6.93. The topological polar surface area (TPSA) is 106 Å². The van der Waals surface area contributed by atoms with Gasteiger partial charge in [-0.2, -0.15) is 0 Å². The van der Waals surface area contributed by atoms with Crippen molar-refractivity contribution in [1.29, 1.82) is 0 Å². The number of nitro groups is 1. The highest BCUT2D eigenvalue weighted by atomic mass is 16.6. The Morgan fingerprint density at radius 2 is 2.20 bits per heavy atom. The fraction of sp³-hybridized carbons (Fsp3) is 0.222. The Morgan fingerprint density at radius 3 is 2.67 bits per heavy atom. The second kappa shape index (κ2) is 3.95. The quantitative estimate of drug-likeness (QED) is 0.445. The number of nitrogen functional groups attached to an aromatic ring is 1. The summed E-state index contributed by atoms with van der Waals surface area (Å²) in [5.41, 5.74) is 5.51. The SMILES string of the molecule is CC(C(=O)O)c1ccc(N)c([N+](=O)[O-])c1. The Labute approximate surface area is 85.5 Å². The fourth-order valence-electron chi connectivity index (χ4n) is 1.13. The summed E-state index contributed by atoms with van der Waals surface area (Å²) >= 11 is 0. The molecule has 6 heteroatoms. The minimum absolute atomic E-state index is 0.0290. The van der Waals surface area contributed by atoms with Crippen LogP contribution in [0.5, 0.6) is 0 Å². The summed E-state index contributed by atoms with van der Waals surface area (Å²) in [6, 6.07) is 4.00. The van der Waals surface area contributed by atoms with E-state index in [1.165, 1.54) is 25.1 Å². The van der Waals surface area contributed by atoms with Crippen LogP contribution in [0.2, 0.25) is 0 Å². The third kappa shape index (κ3) is 2.22. The van der Waals surface area contributed by atoms with Gasteiger partial charge in [-0.15, -0.1) is 0 Å². The molecule has 0 aliphatic carbocycles. The number of carbonyl (C=O) groups is 1. The third-order valence-corrected chi connectivity index (χ3v) is 2.12. The van der Waals surface area contributed by atoms with Gasteiger partial charge in [0.25, 0.3) is 5.69 Å². The Balaban J connectivity index is 3.18. The summed E-state index contributed by atoms with van der Waals surface area (Å²) in [6.07, 6.45) is 0. The summed E-state index contributed by atoms with van der Waals surface area (Å²) < 4.78 is 0. The lowest BCUT2D eigenvalue weighted by atomic mass is 10.0. The van der Waals surface area contributed by atoms with E-state index in [0.717, 1.165) is 0 Å². The predicted octanol–water partition coefficient (Wildman–Crippen LogP) is 1.37. The average Bonchev–Trinajstić information content (AvgIpc) is 2.16. The molecule has 0 saturated heterocycles. The van der Waals surface area contributed by atoms with E-state index in [4.69, 9.17) is 10.8 Å². The molecular formula is C9H10N2O4. The Hall–Kier alpha value is -2.11. The van der Waals surface area contributed by atoms with E-state index < -0.39 is 16.8 Å². The number of carboxylic acids is 1. The van der Waals surface area contributed by atoms with E-state index >= 15 is 0 Å². The Bertz CT molecular complexity index is 417. The number of anilines is 1. The summed E-state index contributed by atoms with van der Waals surface area (Å²) in [6.45, 7) is 1.46. The second-order valence-corrected chi connectivity index (χ2v) is 3.14. The molecule has 15 heavy (non-hydrogen) atoms. The Kier molecular flexibility index (Phi) is 2.89. The van der Waals surface area contributed by atoms with Crippen LogP contribution in [0.1, 0.15) is 18.4 Å². The molecule has 1 atom stereocenters. The van der Waals surface area contributed by atoms with E-state index in [-0.39, 0.29) is 11.4 Å². The molecule has 80 valence electrons. The van der Waals surface area contributed by atoms with Gasteiger partial charge in [0.2, 0.25) is 0 Å². The first kappa shape index (κ1) is 11.0. The minimum Gasteiger partial charge on any atom is -0.481 e. The molecule has 0 aliphatic rings. The highest BCUT2D eigenvalue weighted by Gasteiger charge is 2.18. The zero-order chi connectivity index (χ0) is 11.6. The maximum atomic E-state index is 10.7. The maximum Gasteiger partial charge on any atom is 0.310 e. The van der Waals surface area contributed by atoms with E-state index in [1.807, 2.05) is 0 Å². The van der Waals surface area contributed by atoms with Crippen molar-refractivity contribution in [2.45, 2.75) is 12.8 Å². The van der Waals surface area contributed by atoms with Gasteiger partial charge in [0.05, 0.1) is 10.8 Å². The lowest BCUT2D eigenvalue weighted by molar-refractivity contribution is -0.384. The molecule has 6 nitrogen and oxygen atoms in total. The first-order valence-corrected chi connectivity index (χ1v) is 4.20. The van der Waals surface area contributed by atoms with Crippen LogP contribution in [0, 0.1) is 10.1 Å². The van der Waals surface area contributed by atoms with Gasteiger partial charge in [0, 0.05) is 6.07 Å². The molecule has 0 spiro atoms. The van der Waals surface area contributed by atoms with Crippen LogP contribution in [0.15, 0.2) is 18.2 Å².